The van der Waals surface area contributed by atoms with Crippen molar-refractivity contribution in [1.82, 2.24) is 10.6 Å². The van der Waals surface area contributed by atoms with Crippen LogP contribution in [0.4, 0.5) is 4.79 Å². The summed E-state index contributed by atoms with van der Waals surface area (Å²) in [5, 5.41) is 26.0. The van der Waals surface area contributed by atoms with Crippen LogP contribution in [0.5, 0.6) is 17.2 Å². The smallest absolute Gasteiger partial charge is 0.412 e. The Kier molecular flexibility index (Phi) is 5.54. The molecule has 0 unspecified atom stereocenters. The number of aromatic hydroxyl groups is 2. The van der Waals surface area contributed by atoms with E-state index in [0.717, 1.165) is 23.2 Å². The van der Waals surface area contributed by atoms with Crippen LogP contribution < -0.4 is 15.4 Å². The van der Waals surface area contributed by atoms with Crippen molar-refractivity contribution in [1.29, 1.82) is 0 Å². The Bertz CT molecular complexity index is 808. The fraction of sp³-hybridized carbons (Fsp3) is 0.316. The molecule has 138 valence electrons. The van der Waals surface area contributed by atoms with Crippen LogP contribution in [0.3, 0.4) is 0 Å². The highest BCUT2D eigenvalue weighted by Gasteiger charge is 2.26. The lowest BCUT2D eigenvalue weighted by Gasteiger charge is -2.21. The summed E-state index contributed by atoms with van der Waals surface area (Å²) in [5.74, 6) is -0.0595. The first kappa shape index (κ1) is 18.4. The number of amides is 1. The highest BCUT2D eigenvalue weighted by atomic mass is 35.5. The van der Waals surface area contributed by atoms with Gasteiger partial charge in [0.2, 0.25) is 0 Å². The van der Waals surface area contributed by atoms with Crippen molar-refractivity contribution in [2.24, 2.45) is 0 Å². The van der Waals surface area contributed by atoms with Gasteiger partial charge in [0.05, 0.1) is 5.02 Å². The van der Waals surface area contributed by atoms with Crippen LogP contribution in [0, 0.1) is 0 Å². The molecule has 26 heavy (non-hydrogen) atoms. The minimum absolute atomic E-state index is 0.0328. The summed E-state index contributed by atoms with van der Waals surface area (Å²) in [4.78, 5) is 11.8. The minimum atomic E-state index is -0.647. The first-order valence-corrected chi connectivity index (χ1v) is 8.88. The molecular formula is C19H21ClN2O4. The van der Waals surface area contributed by atoms with Crippen molar-refractivity contribution in [2.45, 2.75) is 19.3 Å². The van der Waals surface area contributed by atoms with Crippen LogP contribution in [-0.2, 0) is 6.42 Å². The third kappa shape index (κ3) is 3.71. The lowest BCUT2D eigenvalue weighted by Crippen LogP contribution is -2.26. The van der Waals surface area contributed by atoms with E-state index in [2.05, 4.69) is 10.6 Å². The Balaban J connectivity index is 2.07. The van der Waals surface area contributed by atoms with E-state index >= 15 is 0 Å². The fourth-order valence-corrected chi connectivity index (χ4v) is 3.47. The number of phenols is 2. The zero-order valence-electron chi connectivity index (χ0n) is 14.4. The number of nitrogens with one attached hydrogen (secondary N) is 2. The van der Waals surface area contributed by atoms with Crippen LogP contribution in [0.2, 0.25) is 5.02 Å². The van der Waals surface area contributed by atoms with Gasteiger partial charge in [-0.05, 0) is 54.8 Å². The largest absolute Gasteiger partial charge is 0.508 e. The molecule has 0 aromatic heterocycles. The van der Waals surface area contributed by atoms with Gasteiger partial charge in [-0.25, -0.2) is 4.79 Å². The van der Waals surface area contributed by atoms with Gasteiger partial charge in [0.15, 0.2) is 11.5 Å². The first-order valence-electron chi connectivity index (χ1n) is 8.50. The SMILES string of the molecule is CCNC(=O)Oc1cc2c(c(Cl)c1O)CCNC[C@@H]2c1ccc(O)cc1. The highest BCUT2D eigenvalue weighted by molar-refractivity contribution is 6.33. The number of rotatable bonds is 3. The van der Waals surface area contributed by atoms with Crippen molar-refractivity contribution in [3.8, 4) is 17.2 Å². The summed E-state index contributed by atoms with van der Waals surface area (Å²) < 4.78 is 5.23. The molecule has 1 heterocycles. The molecule has 1 aliphatic rings. The third-order valence-corrected chi connectivity index (χ3v) is 4.84. The first-order chi connectivity index (χ1) is 12.5. The molecule has 0 radical (unpaired) electrons. The molecule has 0 bridgehead atoms. The van der Waals surface area contributed by atoms with Gasteiger partial charge in [0, 0.05) is 19.0 Å². The second-order valence-corrected chi connectivity index (χ2v) is 6.50. The number of carbonyl (C=O) groups excluding carboxylic acids is 1. The van der Waals surface area contributed by atoms with Gasteiger partial charge in [-0.15, -0.1) is 0 Å². The number of hydrogen-bond donors (Lipinski definition) is 4. The Morgan fingerprint density at radius 2 is 2.08 bits per heavy atom. The van der Waals surface area contributed by atoms with Gasteiger partial charge in [0.1, 0.15) is 5.75 Å². The molecule has 1 amide bonds. The number of hydrogen-bond acceptors (Lipinski definition) is 5. The molecule has 6 nitrogen and oxygen atoms in total. The highest BCUT2D eigenvalue weighted by Crippen LogP contribution is 2.43. The molecule has 1 aliphatic heterocycles. The lowest BCUT2D eigenvalue weighted by atomic mass is 9.87. The maximum absolute atomic E-state index is 11.8. The van der Waals surface area contributed by atoms with E-state index in [4.69, 9.17) is 16.3 Å². The van der Waals surface area contributed by atoms with Crippen LogP contribution in [-0.4, -0.2) is 35.9 Å². The van der Waals surface area contributed by atoms with Gasteiger partial charge in [-0.3, -0.25) is 0 Å². The maximum atomic E-state index is 11.8. The Morgan fingerprint density at radius 1 is 1.35 bits per heavy atom. The molecule has 0 aliphatic carbocycles. The van der Waals surface area contributed by atoms with Gasteiger partial charge < -0.3 is 25.6 Å². The normalized spacial score (nSPS) is 16.5. The molecule has 1 atom stereocenters. The third-order valence-electron chi connectivity index (χ3n) is 4.44. The zero-order valence-corrected chi connectivity index (χ0v) is 15.1. The lowest BCUT2D eigenvalue weighted by molar-refractivity contribution is 0.199. The van der Waals surface area contributed by atoms with Crippen LogP contribution in [0.1, 0.15) is 29.5 Å². The van der Waals surface area contributed by atoms with Crippen LogP contribution in [0.25, 0.3) is 0 Å². The fourth-order valence-electron chi connectivity index (χ4n) is 3.17. The average molecular weight is 377 g/mol. The van der Waals surface area contributed by atoms with Gasteiger partial charge in [-0.1, -0.05) is 23.7 Å². The van der Waals surface area contributed by atoms with Gasteiger partial charge >= 0.3 is 6.09 Å². The van der Waals surface area contributed by atoms with E-state index in [1.807, 2.05) is 12.1 Å². The summed E-state index contributed by atoms with van der Waals surface area (Å²) in [6, 6.07) is 8.64. The summed E-state index contributed by atoms with van der Waals surface area (Å²) >= 11 is 6.40. The molecule has 3 rings (SSSR count). The van der Waals surface area contributed by atoms with E-state index < -0.39 is 6.09 Å². The molecule has 0 saturated heterocycles. The summed E-state index contributed by atoms with van der Waals surface area (Å²) in [6.45, 7) is 3.58. The van der Waals surface area contributed by atoms with Crippen molar-refractivity contribution in [2.75, 3.05) is 19.6 Å². The molecule has 7 heteroatoms. The van der Waals surface area contributed by atoms with E-state index in [-0.39, 0.29) is 28.2 Å². The second kappa shape index (κ2) is 7.85. The predicted molar refractivity (Wildman–Crippen MR) is 99.3 cm³/mol. The summed E-state index contributed by atoms with van der Waals surface area (Å²) in [6.07, 6.45) is 0.00401. The Hall–Kier alpha value is -2.44. The average Bonchev–Trinajstić information content (AvgIpc) is 2.83. The number of fused-ring (bicyclic) bond motifs is 1. The van der Waals surface area contributed by atoms with E-state index in [0.29, 0.717) is 19.5 Å². The standard InChI is InChI=1S/C19H21ClN2O4/c1-2-22-19(25)26-16-9-14-13(17(20)18(16)24)7-8-21-10-15(14)11-3-5-12(23)6-4-11/h3-6,9,15,21,23-24H,2,7-8,10H2,1H3,(H,22,25)/t15-/m1/s1. The summed E-state index contributed by atoms with van der Waals surface area (Å²) in [5.41, 5.74) is 2.71. The predicted octanol–water partition coefficient (Wildman–Crippen LogP) is 3.14. The molecule has 0 saturated carbocycles. The number of ether oxygens (including phenoxy) is 1. The molecule has 4 N–H and O–H groups in total. The monoisotopic (exact) mass is 376 g/mol. The van der Waals surface area contributed by atoms with Gasteiger partial charge in [-0.2, -0.15) is 0 Å². The Morgan fingerprint density at radius 3 is 2.77 bits per heavy atom. The van der Waals surface area contributed by atoms with Crippen molar-refractivity contribution < 1.29 is 19.7 Å². The van der Waals surface area contributed by atoms with Crippen LogP contribution >= 0.6 is 11.6 Å². The van der Waals surface area contributed by atoms with Crippen molar-refractivity contribution in [3.63, 3.8) is 0 Å². The summed E-state index contributed by atoms with van der Waals surface area (Å²) in [7, 11) is 0. The number of phenolic OH excluding ortho intramolecular Hbond substituents is 2. The number of carbonyl (C=O) groups is 1. The molecule has 0 spiro atoms. The number of benzene rings is 2. The van der Waals surface area contributed by atoms with Gasteiger partial charge in [0.25, 0.3) is 0 Å². The zero-order chi connectivity index (χ0) is 18.7. The quantitative estimate of drug-likeness (QED) is 0.660. The van der Waals surface area contributed by atoms with E-state index in [1.165, 1.54) is 0 Å². The maximum Gasteiger partial charge on any atom is 0.412 e. The Labute approximate surface area is 156 Å². The van der Waals surface area contributed by atoms with E-state index in [9.17, 15) is 15.0 Å². The molecular weight excluding hydrogens is 356 g/mol. The molecule has 2 aromatic rings. The molecule has 0 fully saturated rings. The van der Waals surface area contributed by atoms with Crippen molar-refractivity contribution in [3.05, 3.63) is 52.0 Å². The minimum Gasteiger partial charge on any atom is -0.508 e. The van der Waals surface area contributed by atoms with E-state index in [1.54, 1.807) is 25.1 Å². The number of halogens is 1. The second-order valence-electron chi connectivity index (χ2n) is 6.12. The van der Waals surface area contributed by atoms with Crippen LogP contribution in [0.15, 0.2) is 30.3 Å². The topological polar surface area (TPSA) is 90.8 Å². The van der Waals surface area contributed by atoms with Crippen molar-refractivity contribution >= 4 is 17.7 Å². The molecule has 2 aromatic carbocycles.